The van der Waals surface area contributed by atoms with Crippen LogP contribution >= 0.6 is 0 Å². The maximum Gasteiger partial charge on any atom is 0.242 e. The zero-order valence-electron chi connectivity index (χ0n) is 10.6. The Bertz CT molecular complexity index is 495. The fourth-order valence-electron chi connectivity index (χ4n) is 1.73. The van der Waals surface area contributed by atoms with Gasteiger partial charge in [-0.2, -0.15) is 0 Å². The second-order valence-electron chi connectivity index (χ2n) is 4.72. The van der Waals surface area contributed by atoms with Crippen molar-refractivity contribution in [2.45, 2.75) is 31.1 Å². The van der Waals surface area contributed by atoms with Crippen molar-refractivity contribution in [3.05, 3.63) is 24.3 Å². The van der Waals surface area contributed by atoms with Crippen molar-refractivity contribution in [3.63, 3.8) is 0 Å². The third-order valence-corrected chi connectivity index (χ3v) is 4.48. The Morgan fingerprint density at radius 2 is 2.00 bits per heavy atom. The van der Waals surface area contributed by atoms with Crippen molar-refractivity contribution in [3.8, 4) is 0 Å². The van der Waals surface area contributed by atoms with E-state index in [-0.39, 0.29) is 0 Å². The molecule has 5 heteroatoms. The topological polar surface area (TPSA) is 58.2 Å². The van der Waals surface area contributed by atoms with Gasteiger partial charge in [0.2, 0.25) is 10.0 Å². The van der Waals surface area contributed by atoms with Crippen LogP contribution in [-0.4, -0.2) is 21.5 Å². The summed E-state index contributed by atoms with van der Waals surface area (Å²) in [6.07, 6.45) is 3.24. The lowest BCUT2D eigenvalue weighted by Gasteiger charge is -2.12. The molecule has 0 unspecified atom stereocenters. The van der Waals surface area contributed by atoms with Gasteiger partial charge < -0.3 is 5.32 Å². The number of hydrogen-bond acceptors (Lipinski definition) is 3. The Morgan fingerprint density at radius 1 is 1.28 bits per heavy atom. The molecule has 1 aromatic rings. The van der Waals surface area contributed by atoms with E-state index in [1.165, 1.54) is 0 Å². The van der Waals surface area contributed by atoms with Crippen LogP contribution in [0, 0.1) is 5.92 Å². The van der Waals surface area contributed by atoms with E-state index < -0.39 is 10.0 Å². The van der Waals surface area contributed by atoms with Gasteiger partial charge in [0, 0.05) is 13.1 Å². The number of rotatable bonds is 7. The minimum atomic E-state index is -3.39. The molecule has 0 aromatic heterocycles. The zero-order chi connectivity index (χ0) is 13.0. The predicted molar refractivity (Wildman–Crippen MR) is 73.1 cm³/mol. The molecule has 0 bridgehead atoms. The van der Waals surface area contributed by atoms with Crippen LogP contribution in [0.25, 0.3) is 0 Å². The first-order chi connectivity index (χ1) is 8.63. The number of para-hydroxylation sites is 1. The molecule has 2 N–H and O–H groups in total. The van der Waals surface area contributed by atoms with E-state index in [1.54, 1.807) is 18.2 Å². The number of anilines is 1. The van der Waals surface area contributed by atoms with Crippen LogP contribution in [0.1, 0.15) is 26.2 Å². The van der Waals surface area contributed by atoms with Crippen LogP contribution in [0.3, 0.4) is 0 Å². The van der Waals surface area contributed by atoms with Crippen LogP contribution in [0.2, 0.25) is 0 Å². The summed E-state index contributed by atoms with van der Waals surface area (Å²) in [6.45, 7) is 3.38. The van der Waals surface area contributed by atoms with E-state index in [0.29, 0.717) is 23.0 Å². The first kappa shape index (κ1) is 13.4. The van der Waals surface area contributed by atoms with E-state index in [9.17, 15) is 8.42 Å². The molecule has 0 saturated heterocycles. The summed E-state index contributed by atoms with van der Waals surface area (Å²) in [4.78, 5) is 0.346. The first-order valence-corrected chi connectivity index (χ1v) is 7.94. The number of benzene rings is 1. The predicted octanol–water partition coefficient (Wildman–Crippen LogP) is 2.20. The van der Waals surface area contributed by atoms with Gasteiger partial charge in [0.25, 0.3) is 0 Å². The number of sulfonamides is 1. The second kappa shape index (κ2) is 5.71. The summed E-state index contributed by atoms with van der Waals surface area (Å²) < 4.78 is 27.1. The molecule has 100 valence electrons. The van der Waals surface area contributed by atoms with Gasteiger partial charge in [0.15, 0.2) is 0 Å². The summed E-state index contributed by atoms with van der Waals surface area (Å²) in [6, 6.07) is 7.05. The summed E-state index contributed by atoms with van der Waals surface area (Å²) in [5.74, 6) is 0.538. The molecule has 1 fully saturated rings. The molecular weight excluding hydrogens is 248 g/mol. The minimum absolute atomic E-state index is 0.346. The summed E-state index contributed by atoms with van der Waals surface area (Å²) in [5, 5.41) is 3.15. The van der Waals surface area contributed by atoms with Crippen molar-refractivity contribution >= 4 is 15.7 Å². The first-order valence-electron chi connectivity index (χ1n) is 6.46. The quantitative estimate of drug-likeness (QED) is 0.797. The van der Waals surface area contributed by atoms with E-state index in [0.717, 1.165) is 25.8 Å². The minimum Gasteiger partial charge on any atom is -0.384 e. The lowest BCUT2D eigenvalue weighted by atomic mass is 10.3. The van der Waals surface area contributed by atoms with E-state index in [2.05, 4.69) is 17.0 Å². The molecule has 4 nitrogen and oxygen atoms in total. The third-order valence-electron chi connectivity index (χ3n) is 3.00. The summed E-state index contributed by atoms with van der Waals surface area (Å²) >= 11 is 0. The summed E-state index contributed by atoms with van der Waals surface area (Å²) in [5.41, 5.74) is 0.683. The van der Waals surface area contributed by atoms with Gasteiger partial charge >= 0.3 is 0 Å². The fraction of sp³-hybridized carbons (Fsp3) is 0.538. The fourth-order valence-corrected chi connectivity index (χ4v) is 3.03. The Hall–Kier alpha value is -1.07. The van der Waals surface area contributed by atoms with E-state index in [4.69, 9.17) is 0 Å². The molecule has 1 aliphatic rings. The van der Waals surface area contributed by atoms with Gasteiger partial charge in [-0.15, -0.1) is 0 Å². The van der Waals surface area contributed by atoms with Crippen molar-refractivity contribution in [1.29, 1.82) is 0 Å². The zero-order valence-corrected chi connectivity index (χ0v) is 11.5. The van der Waals surface area contributed by atoms with Gasteiger partial charge in [-0.25, -0.2) is 13.1 Å². The Morgan fingerprint density at radius 3 is 2.67 bits per heavy atom. The maximum atomic E-state index is 12.2. The molecule has 1 aromatic carbocycles. The standard InChI is InChI=1S/C13H20N2O2S/c1-2-9-14-12-5-3-4-6-13(12)18(16,17)15-10-11-7-8-11/h3-6,11,14-15H,2,7-10H2,1H3. The van der Waals surface area contributed by atoms with Crippen LogP contribution in [-0.2, 0) is 10.0 Å². The Balaban J connectivity index is 2.13. The van der Waals surface area contributed by atoms with Gasteiger partial charge in [-0.1, -0.05) is 19.1 Å². The highest BCUT2D eigenvalue weighted by Crippen LogP contribution is 2.28. The molecule has 18 heavy (non-hydrogen) atoms. The molecule has 0 atom stereocenters. The molecule has 1 aliphatic carbocycles. The Kier molecular flexibility index (Phi) is 4.24. The largest absolute Gasteiger partial charge is 0.384 e. The lowest BCUT2D eigenvalue weighted by molar-refractivity contribution is 0.577. The molecule has 2 rings (SSSR count). The normalized spacial score (nSPS) is 15.6. The second-order valence-corrected chi connectivity index (χ2v) is 6.45. The van der Waals surface area contributed by atoms with Crippen LogP contribution in [0.15, 0.2) is 29.2 Å². The van der Waals surface area contributed by atoms with Crippen molar-refractivity contribution in [2.24, 2.45) is 5.92 Å². The molecule has 0 radical (unpaired) electrons. The molecule has 0 aliphatic heterocycles. The molecule has 0 heterocycles. The van der Waals surface area contributed by atoms with Crippen molar-refractivity contribution in [2.75, 3.05) is 18.4 Å². The van der Waals surface area contributed by atoms with Gasteiger partial charge in [0.1, 0.15) is 4.90 Å². The molecule has 0 amide bonds. The SMILES string of the molecule is CCCNc1ccccc1S(=O)(=O)NCC1CC1. The molecule has 0 spiro atoms. The van der Waals surface area contributed by atoms with Crippen LogP contribution in [0.4, 0.5) is 5.69 Å². The molecular formula is C13H20N2O2S. The smallest absolute Gasteiger partial charge is 0.242 e. The highest BCUT2D eigenvalue weighted by Gasteiger charge is 2.25. The van der Waals surface area contributed by atoms with E-state index >= 15 is 0 Å². The lowest BCUT2D eigenvalue weighted by Crippen LogP contribution is -2.26. The van der Waals surface area contributed by atoms with Gasteiger partial charge in [-0.05, 0) is 37.3 Å². The maximum absolute atomic E-state index is 12.2. The van der Waals surface area contributed by atoms with Gasteiger partial charge in [0.05, 0.1) is 5.69 Å². The summed E-state index contributed by atoms with van der Waals surface area (Å²) in [7, 11) is -3.39. The monoisotopic (exact) mass is 268 g/mol. The highest BCUT2D eigenvalue weighted by atomic mass is 32.2. The van der Waals surface area contributed by atoms with Crippen molar-refractivity contribution in [1.82, 2.24) is 4.72 Å². The molecule has 1 saturated carbocycles. The average Bonchev–Trinajstić information content (AvgIpc) is 3.18. The highest BCUT2D eigenvalue weighted by molar-refractivity contribution is 7.89. The Labute approximate surface area is 109 Å². The average molecular weight is 268 g/mol. The third kappa shape index (κ3) is 3.46. The van der Waals surface area contributed by atoms with E-state index in [1.807, 2.05) is 6.07 Å². The number of hydrogen-bond donors (Lipinski definition) is 2. The van der Waals surface area contributed by atoms with Crippen LogP contribution < -0.4 is 10.0 Å². The van der Waals surface area contributed by atoms with Gasteiger partial charge in [-0.3, -0.25) is 0 Å². The van der Waals surface area contributed by atoms with Crippen LogP contribution in [0.5, 0.6) is 0 Å². The van der Waals surface area contributed by atoms with Crippen molar-refractivity contribution < 1.29 is 8.42 Å². The number of nitrogens with one attached hydrogen (secondary N) is 2.